The second-order valence-corrected chi connectivity index (χ2v) is 7.65. The van der Waals surface area contributed by atoms with Crippen LogP contribution < -0.4 is 0 Å². The van der Waals surface area contributed by atoms with E-state index in [1.54, 1.807) is 0 Å². The van der Waals surface area contributed by atoms with Crippen LogP contribution >= 0.6 is 0 Å². The summed E-state index contributed by atoms with van der Waals surface area (Å²) < 4.78 is 28.3. The normalized spacial score (nSPS) is 40.0. The molecule has 0 aliphatic heterocycles. The third-order valence-electron chi connectivity index (χ3n) is 6.82. The van der Waals surface area contributed by atoms with Crippen LogP contribution in [0.4, 0.5) is 8.78 Å². The molecule has 0 amide bonds. The Balaban J connectivity index is 1.78. The largest absolute Gasteiger partial charge is 0.505 e. The van der Waals surface area contributed by atoms with Gasteiger partial charge in [-0.3, -0.25) is 0 Å². The molecule has 1 aromatic rings. The SMILES string of the molecule is C[C@]12CC[C@@H]3c4c(cc(O)c(F)c4F)CC[C@@H]3[C@@H]1CC[C@@H]2O. The summed E-state index contributed by atoms with van der Waals surface area (Å²) >= 11 is 0. The molecule has 0 spiro atoms. The molecule has 120 valence electrons. The molecule has 0 bridgehead atoms. The lowest BCUT2D eigenvalue weighted by Crippen LogP contribution is -2.44. The van der Waals surface area contributed by atoms with Crippen molar-refractivity contribution in [2.75, 3.05) is 0 Å². The van der Waals surface area contributed by atoms with E-state index in [2.05, 4.69) is 6.92 Å². The van der Waals surface area contributed by atoms with Gasteiger partial charge < -0.3 is 10.2 Å². The molecule has 1 aromatic carbocycles. The second kappa shape index (κ2) is 4.67. The number of aliphatic hydroxyl groups is 1. The van der Waals surface area contributed by atoms with Crippen LogP contribution in [0.2, 0.25) is 0 Å². The van der Waals surface area contributed by atoms with Gasteiger partial charge in [0.2, 0.25) is 5.82 Å². The first-order chi connectivity index (χ1) is 10.4. The highest BCUT2D eigenvalue weighted by atomic mass is 19.2. The van der Waals surface area contributed by atoms with Gasteiger partial charge in [-0.1, -0.05) is 6.92 Å². The van der Waals surface area contributed by atoms with Crippen LogP contribution in [0.15, 0.2) is 6.07 Å². The molecule has 0 saturated heterocycles. The minimum atomic E-state index is -1.11. The molecule has 4 heteroatoms. The summed E-state index contributed by atoms with van der Waals surface area (Å²) in [5, 5.41) is 19.9. The van der Waals surface area contributed by atoms with E-state index >= 15 is 0 Å². The van der Waals surface area contributed by atoms with Gasteiger partial charge in [-0.15, -0.1) is 0 Å². The molecular weight excluding hydrogens is 286 g/mol. The van der Waals surface area contributed by atoms with Gasteiger partial charge in [0.25, 0.3) is 0 Å². The lowest BCUT2D eigenvalue weighted by Gasteiger charge is -2.50. The average molecular weight is 308 g/mol. The number of halogens is 2. The van der Waals surface area contributed by atoms with E-state index in [-0.39, 0.29) is 17.4 Å². The van der Waals surface area contributed by atoms with Gasteiger partial charge in [-0.25, -0.2) is 4.39 Å². The third-order valence-corrected chi connectivity index (χ3v) is 6.82. The first-order valence-corrected chi connectivity index (χ1v) is 8.31. The number of aryl methyl sites for hydroxylation is 1. The monoisotopic (exact) mass is 308 g/mol. The van der Waals surface area contributed by atoms with Crippen molar-refractivity contribution >= 4 is 0 Å². The van der Waals surface area contributed by atoms with Gasteiger partial charge in [0.15, 0.2) is 11.6 Å². The minimum absolute atomic E-state index is 0.0298. The number of aliphatic hydroxyl groups excluding tert-OH is 1. The number of hydrogen-bond donors (Lipinski definition) is 2. The Morgan fingerprint density at radius 3 is 2.68 bits per heavy atom. The zero-order valence-electron chi connectivity index (χ0n) is 12.8. The average Bonchev–Trinajstić information content (AvgIpc) is 2.80. The van der Waals surface area contributed by atoms with Gasteiger partial charge in [0.05, 0.1) is 6.10 Å². The van der Waals surface area contributed by atoms with E-state index in [4.69, 9.17) is 0 Å². The zero-order chi connectivity index (χ0) is 15.6. The molecule has 0 heterocycles. The summed E-state index contributed by atoms with van der Waals surface area (Å²) in [6.07, 6.45) is 4.82. The highest BCUT2D eigenvalue weighted by Gasteiger charge is 2.55. The fourth-order valence-electron chi connectivity index (χ4n) is 5.63. The Kier molecular flexibility index (Phi) is 3.06. The maximum atomic E-state index is 14.4. The Morgan fingerprint density at radius 2 is 1.91 bits per heavy atom. The van der Waals surface area contributed by atoms with Crippen LogP contribution in [0.3, 0.4) is 0 Å². The van der Waals surface area contributed by atoms with Gasteiger partial charge in [-0.2, -0.15) is 4.39 Å². The van der Waals surface area contributed by atoms with Gasteiger partial charge in [0.1, 0.15) is 0 Å². The van der Waals surface area contributed by atoms with E-state index in [1.807, 2.05) is 0 Å². The minimum Gasteiger partial charge on any atom is -0.505 e. The molecule has 2 fully saturated rings. The Labute approximate surface area is 129 Å². The van der Waals surface area contributed by atoms with Crippen LogP contribution in [0, 0.1) is 28.9 Å². The predicted octanol–water partition coefficient (Wildman–Crippen LogP) is 3.89. The standard InChI is InChI=1S/C18H22F2O2/c1-18-7-6-11-10(12(18)4-5-14(18)22)3-2-9-8-13(21)16(19)17(20)15(9)11/h8,10-12,14,21-22H,2-7H2,1H3/t10-,11-,12-,14-,18-/m0/s1. The maximum Gasteiger partial charge on any atom is 0.200 e. The van der Waals surface area contributed by atoms with Gasteiger partial charge in [0, 0.05) is 0 Å². The highest BCUT2D eigenvalue weighted by molar-refractivity contribution is 5.42. The maximum absolute atomic E-state index is 14.4. The van der Waals surface area contributed by atoms with Gasteiger partial charge in [-0.05, 0) is 78.9 Å². The summed E-state index contributed by atoms with van der Waals surface area (Å²) in [6.45, 7) is 2.16. The number of phenols is 1. The van der Waals surface area contributed by atoms with Crippen molar-refractivity contribution < 1.29 is 19.0 Å². The number of benzene rings is 1. The quantitative estimate of drug-likeness (QED) is 0.763. The number of hydrogen-bond acceptors (Lipinski definition) is 2. The Bertz CT molecular complexity index is 630. The number of rotatable bonds is 0. The number of aromatic hydroxyl groups is 1. The first-order valence-electron chi connectivity index (χ1n) is 8.31. The number of phenolic OH excluding ortho intramolecular Hbond substituents is 1. The van der Waals surface area contributed by atoms with Crippen molar-refractivity contribution in [2.24, 2.45) is 17.3 Å². The van der Waals surface area contributed by atoms with Crippen molar-refractivity contribution in [1.82, 2.24) is 0 Å². The summed E-state index contributed by atoms with van der Waals surface area (Å²) in [5.41, 5.74) is 1.19. The van der Waals surface area contributed by atoms with Crippen LogP contribution in [0.5, 0.6) is 5.75 Å². The smallest absolute Gasteiger partial charge is 0.200 e. The number of fused-ring (bicyclic) bond motifs is 5. The molecule has 3 aliphatic rings. The molecule has 0 aromatic heterocycles. The lowest BCUT2D eigenvalue weighted by molar-refractivity contribution is -0.0232. The van der Waals surface area contributed by atoms with Crippen LogP contribution in [-0.4, -0.2) is 16.3 Å². The second-order valence-electron chi connectivity index (χ2n) is 7.65. The van der Waals surface area contributed by atoms with Crippen LogP contribution in [0.25, 0.3) is 0 Å². The van der Waals surface area contributed by atoms with E-state index < -0.39 is 17.4 Å². The third kappa shape index (κ3) is 1.73. The summed E-state index contributed by atoms with van der Waals surface area (Å²) in [6, 6.07) is 1.40. The van der Waals surface area contributed by atoms with Crippen molar-refractivity contribution in [3.05, 3.63) is 28.8 Å². The van der Waals surface area contributed by atoms with E-state index in [1.165, 1.54) is 6.07 Å². The summed E-state index contributed by atoms with van der Waals surface area (Å²) in [7, 11) is 0. The predicted molar refractivity (Wildman–Crippen MR) is 78.6 cm³/mol. The Hall–Kier alpha value is -1.16. The van der Waals surface area contributed by atoms with Crippen molar-refractivity contribution in [1.29, 1.82) is 0 Å². The fraction of sp³-hybridized carbons (Fsp3) is 0.667. The van der Waals surface area contributed by atoms with Crippen molar-refractivity contribution in [3.8, 4) is 5.75 Å². The molecular formula is C18H22F2O2. The lowest BCUT2D eigenvalue weighted by atomic mass is 9.55. The van der Waals surface area contributed by atoms with Crippen molar-refractivity contribution in [3.63, 3.8) is 0 Å². The molecule has 22 heavy (non-hydrogen) atoms. The molecule has 2 nitrogen and oxygen atoms in total. The zero-order valence-corrected chi connectivity index (χ0v) is 12.8. The molecule has 0 unspecified atom stereocenters. The highest BCUT2D eigenvalue weighted by Crippen LogP contribution is 2.61. The Morgan fingerprint density at radius 1 is 1.14 bits per heavy atom. The summed E-state index contributed by atoms with van der Waals surface area (Å²) in [5.74, 6) is -1.80. The molecule has 4 rings (SSSR count). The molecule has 5 atom stereocenters. The van der Waals surface area contributed by atoms with Crippen LogP contribution in [0.1, 0.15) is 56.1 Å². The molecule has 2 N–H and O–H groups in total. The fourth-order valence-corrected chi connectivity index (χ4v) is 5.63. The first kappa shape index (κ1) is 14.4. The van der Waals surface area contributed by atoms with Gasteiger partial charge >= 0.3 is 0 Å². The van der Waals surface area contributed by atoms with E-state index in [0.29, 0.717) is 23.8 Å². The van der Waals surface area contributed by atoms with Crippen molar-refractivity contribution in [2.45, 2.75) is 57.5 Å². The van der Waals surface area contributed by atoms with Crippen LogP contribution in [-0.2, 0) is 6.42 Å². The summed E-state index contributed by atoms with van der Waals surface area (Å²) in [4.78, 5) is 0. The topological polar surface area (TPSA) is 40.5 Å². The molecule has 0 radical (unpaired) electrons. The molecule has 3 aliphatic carbocycles. The van der Waals surface area contributed by atoms with E-state index in [9.17, 15) is 19.0 Å². The van der Waals surface area contributed by atoms with E-state index in [0.717, 1.165) is 37.7 Å². The molecule has 2 saturated carbocycles.